The quantitative estimate of drug-likeness (QED) is 0.652. The van der Waals surface area contributed by atoms with Gasteiger partial charge in [0.15, 0.2) is 0 Å². The maximum atomic E-state index is 12.1. The molecule has 0 aliphatic rings. The lowest BCUT2D eigenvalue weighted by Crippen LogP contribution is -2.33. The average Bonchev–Trinajstić information content (AvgIpc) is 3.32. The van der Waals surface area contributed by atoms with Crippen LogP contribution in [0.2, 0.25) is 0 Å². The summed E-state index contributed by atoms with van der Waals surface area (Å²) in [6.45, 7) is 3.77. The molecule has 0 saturated carbocycles. The second-order valence-electron chi connectivity index (χ2n) is 6.08. The van der Waals surface area contributed by atoms with Crippen molar-refractivity contribution in [3.63, 3.8) is 0 Å². The second kappa shape index (κ2) is 8.59. The number of para-hydroxylation sites is 1. The van der Waals surface area contributed by atoms with Crippen molar-refractivity contribution in [2.45, 2.75) is 26.7 Å². The van der Waals surface area contributed by atoms with Crippen molar-refractivity contribution in [1.82, 2.24) is 15.5 Å². The average molecular weight is 384 g/mol. The molecule has 27 heavy (non-hydrogen) atoms. The molecule has 140 valence electrons. The highest BCUT2D eigenvalue weighted by molar-refractivity contribution is 7.13. The van der Waals surface area contributed by atoms with Crippen LogP contribution in [0.15, 0.2) is 40.2 Å². The number of rotatable bonds is 7. The van der Waals surface area contributed by atoms with Gasteiger partial charge in [-0.05, 0) is 36.4 Å². The summed E-state index contributed by atoms with van der Waals surface area (Å²) >= 11 is 1.52. The molecule has 2 N–H and O–H groups in total. The SMILES string of the molecule is Cc1cccc(C)c1NC(=O)CNC(=O)CCc1nc(-c2cccs2)no1. The Bertz CT molecular complexity index is 914. The Morgan fingerprint density at radius 3 is 2.59 bits per heavy atom. The van der Waals surface area contributed by atoms with Gasteiger partial charge in [0.1, 0.15) is 0 Å². The fourth-order valence-corrected chi connectivity index (χ4v) is 3.19. The fraction of sp³-hybridized carbons (Fsp3) is 0.263. The van der Waals surface area contributed by atoms with E-state index in [9.17, 15) is 9.59 Å². The lowest BCUT2D eigenvalue weighted by atomic mass is 10.1. The van der Waals surface area contributed by atoms with Crippen molar-refractivity contribution in [3.8, 4) is 10.7 Å². The van der Waals surface area contributed by atoms with Gasteiger partial charge in [-0.3, -0.25) is 9.59 Å². The minimum absolute atomic E-state index is 0.0864. The summed E-state index contributed by atoms with van der Waals surface area (Å²) in [5.74, 6) is 0.406. The molecule has 0 bridgehead atoms. The zero-order valence-corrected chi connectivity index (χ0v) is 15.9. The van der Waals surface area contributed by atoms with Gasteiger partial charge in [-0.15, -0.1) is 11.3 Å². The molecule has 2 aromatic heterocycles. The molecule has 2 amide bonds. The molecule has 0 aliphatic carbocycles. The van der Waals surface area contributed by atoms with Crippen LogP contribution in [0, 0.1) is 13.8 Å². The van der Waals surface area contributed by atoms with Gasteiger partial charge in [0.2, 0.25) is 23.5 Å². The normalized spacial score (nSPS) is 10.6. The summed E-state index contributed by atoms with van der Waals surface area (Å²) in [6, 6.07) is 9.60. The molecule has 0 radical (unpaired) electrons. The molecule has 1 aromatic carbocycles. The molecule has 3 aromatic rings. The number of thiophene rings is 1. The number of hydrogen-bond acceptors (Lipinski definition) is 6. The summed E-state index contributed by atoms with van der Waals surface area (Å²) in [7, 11) is 0. The Labute approximate surface area is 160 Å². The largest absolute Gasteiger partial charge is 0.347 e. The number of hydrogen-bond donors (Lipinski definition) is 2. The first-order chi connectivity index (χ1) is 13.0. The standard InChI is InChI=1S/C19H20N4O3S/c1-12-5-3-6-13(2)18(12)21-16(25)11-20-15(24)8-9-17-22-19(23-26-17)14-7-4-10-27-14/h3-7,10H,8-9,11H2,1-2H3,(H,20,24)(H,21,25). The van der Waals surface area contributed by atoms with Crippen molar-refractivity contribution >= 4 is 28.8 Å². The Balaban J connectivity index is 1.44. The van der Waals surface area contributed by atoms with Crippen LogP contribution in [0.25, 0.3) is 10.7 Å². The maximum absolute atomic E-state index is 12.1. The summed E-state index contributed by atoms with van der Waals surface area (Å²) < 4.78 is 5.16. The van der Waals surface area contributed by atoms with E-state index in [1.165, 1.54) is 11.3 Å². The van der Waals surface area contributed by atoms with Crippen molar-refractivity contribution in [3.05, 3.63) is 52.7 Å². The summed E-state index contributed by atoms with van der Waals surface area (Å²) in [5.41, 5.74) is 2.74. The predicted molar refractivity (Wildman–Crippen MR) is 103 cm³/mol. The van der Waals surface area contributed by atoms with E-state index in [0.717, 1.165) is 21.7 Å². The van der Waals surface area contributed by atoms with Gasteiger partial charge in [0.05, 0.1) is 11.4 Å². The Morgan fingerprint density at radius 2 is 1.89 bits per heavy atom. The number of aromatic nitrogens is 2. The van der Waals surface area contributed by atoms with Crippen LogP contribution in [-0.2, 0) is 16.0 Å². The van der Waals surface area contributed by atoms with Gasteiger partial charge < -0.3 is 15.2 Å². The second-order valence-corrected chi connectivity index (χ2v) is 7.03. The molecule has 7 nitrogen and oxygen atoms in total. The third-order valence-corrected chi connectivity index (χ3v) is 4.83. The molecule has 0 aliphatic heterocycles. The van der Waals surface area contributed by atoms with E-state index in [2.05, 4.69) is 20.8 Å². The van der Waals surface area contributed by atoms with E-state index in [0.29, 0.717) is 18.1 Å². The van der Waals surface area contributed by atoms with E-state index < -0.39 is 0 Å². The van der Waals surface area contributed by atoms with Crippen LogP contribution in [0.5, 0.6) is 0 Å². The summed E-state index contributed by atoms with van der Waals surface area (Å²) in [6.07, 6.45) is 0.492. The molecule has 0 saturated heterocycles. The van der Waals surface area contributed by atoms with Crippen LogP contribution >= 0.6 is 11.3 Å². The number of aryl methyl sites for hydroxylation is 3. The molecule has 2 heterocycles. The zero-order chi connectivity index (χ0) is 19.2. The van der Waals surface area contributed by atoms with Gasteiger partial charge in [-0.1, -0.05) is 29.4 Å². The smallest absolute Gasteiger partial charge is 0.243 e. The lowest BCUT2D eigenvalue weighted by Gasteiger charge is -2.11. The number of carbonyl (C=O) groups excluding carboxylic acids is 2. The van der Waals surface area contributed by atoms with Crippen molar-refractivity contribution in [2.24, 2.45) is 0 Å². The Kier molecular flexibility index (Phi) is 5.97. The highest BCUT2D eigenvalue weighted by Gasteiger charge is 2.12. The Hall–Kier alpha value is -3.00. The van der Waals surface area contributed by atoms with Crippen molar-refractivity contribution < 1.29 is 14.1 Å². The number of amides is 2. The predicted octanol–water partition coefficient (Wildman–Crippen LogP) is 3.10. The van der Waals surface area contributed by atoms with Crippen LogP contribution in [0.4, 0.5) is 5.69 Å². The fourth-order valence-electron chi connectivity index (χ4n) is 2.55. The van der Waals surface area contributed by atoms with Gasteiger partial charge in [-0.25, -0.2) is 0 Å². The number of carbonyl (C=O) groups is 2. The zero-order valence-electron chi connectivity index (χ0n) is 15.1. The van der Waals surface area contributed by atoms with E-state index in [1.807, 2.05) is 49.6 Å². The van der Waals surface area contributed by atoms with E-state index in [1.54, 1.807) is 0 Å². The molecule has 8 heteroatoms. The molecule has 0 atom stereocenters. The van der Waals surface area contributed by atoms with Gasteiger partial charge in [-0.2, -0.15) is 4.98 Å². The van der Waals surface area contributed by atoms with E-state index in [4.69, 9.17) is 4.52 Å². The van der Waals surface area contributed by atoms with Gasteiger partial charge in [0, 0.05) is 18.5 Å². The minimum atomic E-state index is -0.265. The van der Waals surface area contributed by atoms with Crippen LogP contribution < -0.4 is 10.6 Å². The molecule has 3 rings (SSSR count). The molecule has 0 fully saturated rings. The van der Waals surface area contributed by atoms with Crippen LogP contribution in [0.1, 0.15) is 23.4 Å². The summed E-state index contributed by atoms with van der Waals surface area (Å²) in [4.78, 5) is 29.2. The topological polar surface area (TPSA) is 97.1 Å². The first kappa shape index (κ1) is 18.8. The van der Waals surface area contributed by atoms with Crippen molar-refractivity contribution in [2.75, 3.05) is 11.9 Å². The van der Waals surface area contributed by atoms with E-state index >= 15 is 0 Å². The van der Waals surface area contributed by atoms with Crippen LogP contribution in [0.3, 0.4) is 0 Å². The molecular formula is C19H20N4O3S. The Morgan fingerprint density at radius 1 is 1.11 bits per heavy atom. The number of benzene rings is 1. The van der Waals surface area contributed by atoms with Crippen LogP contribution in [-0.4, -0.2) is 28.5 Å². The first-order valence-corrected chi connectivity index (χ1v) is 9.40. The highest BCUT2D eigenvalue weighted by atomic mass is 32.1. The summed E-state index contributed by atoms with van der Waals surface area (Å²) in [5, 5.41) is 11.3. The number of nitrogens with one attached hydrogen (secondary N) is 2. The number of anilines is 1. The first-order valence-electron chi connectivity index (χ1n) is 8.52. The molecule has 0 spiro atoms. The highest BCUT2D eigenvalue weighted by Crippen LogP contribution is 2.21. The minimum Gasteiger partial charge on any atom is -0.347 e. The third kappa shape index (κ3) is 5.01. The van der Waals surface area contributed by atoms with Gasteiger partial charge in [0.25, 0.3) is 0 Å². The van der Waals surface area contributed by atoms with Gasteiger partial charge >= 0.3 is 0 Å². The third-order valence-electron chi connectivity index (χ3n) is 3.97. The van der Waals surface area contributed by atoms with Crippen molar-refractivity contribution in [1.29, 1.82) is 0 Å². The maximum Gasteiger partial charge on any atom is 0.243 e. The van der Waals surface area contributed by atoms with E-state index in [-0.39, 0.29) is 24.8 Å². The number of nitrogens with zero attached hydrogens (tertiary/aromatic N) is 2. The monoisotopic (exact) mass is 384 g/mol. The molecule has 0 unspecified atom stereocenters. The molecular weight excluding hydrogens is 364 g/mol. The lowest BCUT2D eigenvalue weighted by molar-refractivity contribution is -0.124.